The smallest absolute Gasteiger partial charge is 0.317 e. The molecule has 7 heteroatoms. The second-order valence-electron chi connectivity index (χ2n) is 10.7. The van der Waals surface area contributed by atoms with Crippen molar-refractivity contribution in [3.8, 4) is 0 Å². The molecule has 0 aromatic carbocycles. The van der Waals surface area contributed by atoms with Crippen LogP contribution >= 0.6 is 9.24 Å². The van der Waals surface area contributed by atoms with Crippen LogP contribution < -0.4 is 4.57 Å². The molecule has 0 aliphatic carbocycles. The van der Waals surface area contributed by atoms with E-state index >= 15 is 0 Å². The molecule has 6 nitrogen and oxygen atoms in total. The fourth-order valence-corrected chi connectivity index (χ4v) is 4.89. The van der Waals surface area contributed by atoms with E-state index in [-0.39, 0.29) is 29.4 Å². The van der Waals surface area contributed by atoms with Crippen molar-refractivity contribution >= 4 is 21.0 Å². The molecule has 0 bridgehead atoms. The number of imidazole rings is 1. The molecule has 0 amide bonds. The first kappa shape index (κ1) is 24.7. The molecule has 1 saturated heterocycles. The zero-order valence-corrected chi connectivity index (χ0v) is 20.8. The van der Waals surface area contributed by atoms with Crippen LogP contribution in [0.25, 0.3) is 0 Å². The fraction of sp³-hybridized carbons (Fsp3) is 0.696. The normalized spacial score (nSPS) is 24.5. The molecule has 0 saturated carbocycles. The van der Waals surface area contributed by atoms with Gasteiger partial charge in [-0.3, -0.25) is 9.59 Å². The summed E-state index contributed by atoms with van der Waals surface area (Å²) in [4.78, 5) is 26.8. The number of hydrogen-bond acceptors (Lipinski definition) is 4. The largest absolute Gasteiger partial charge is 0.462 e. The molecule has 1 fully saturated rings. The molecule has 1 aromatic rings. The fourth-order valence-electron chi connectivity index (χ4n) is 4.19. The predicted molar refractivity (Wildman–Crippen MR) is 120 cm³/mol. The van der Waals surface area contributed by atoms with Crippen LogP contribution in [0.1, 0.15) is 80.0 Å². The van der Waals surface area contributed by atoms with E-state index in [9.17, 15) is 14.7 Å². The van der Waals surface area contributed by atoms with Gasteiger partial charge in [-0.05, 0) is 61.0 Å². The standard InChI is InChI=1S/C23H38N2O4P/c1-14(12-15(2)26)18(27)17(23(30)13-16(3)29-20(23)28)19-24(21(4,5)6)10-11-25(19)22(7,8)9/h10-11,15-17,26H,1,12-13,30H2,2-9H3/q+1. The number of ether oxygens (including phenoxy) is 1. The van der Waals surface area contributed by atoms with Crippen molar-refractivity contribution in [2.75, 3.05) is 0 Å². The molecular weight excluding hydrogens is 399 g/mol. The molecule has 2 heterocycles. The third-order valence-electron chi connectivity index (χ3n) is 5.54. The van der Waals surface area contributed by atoms with E-state index in [1.807, 2.05) is 19.3 Å². The average Bonchev–Trinajstić information content (AvgIpc) is 3.08. The highest BCUT2D eigenvalue weighted by Crippen LogP contribution is 2.47. The minimum absolute atomic E-state index is 0.159. The Bertz CT molecular complexity index is 813. The maximum absolute atomic E-state index is 13.8. The predicted octanol–water partition coefficient (Wildman–Crippen LogP) is 3.21. The summed E-state index contributed by atoms with van der Waals surface area (Å²) in [6.45, 7) is 19.9. The minimum Gasteiger partial charge on any atom is -0.462 e. The number of esters is 1. The Balaban J connectivity index is 2.82. The average molecular weight is 438 g/mol. The number of ketones is 1. The van der Waals surface area contributed by atoms with Gasteiger partial charge in [-0.25, -0.2) is 9.13 Å². The molecule has 5 atom stereocenters. The van der Waals surface area contributed by atoms with Crippen LogP contribution in [0.15, 0.2) is 24.5 Å². The number of carbonyl (C=O) groups is 2. The monoisotopic (exact) mass is 437 g/mol. The first-order chi connectivity index (χ1) is 13.5. The van der Waals surface area contributed by atoms with Gasteiger partial charge in [-0.2, -0.15) is 0 Å². The third kappa shape index (κ3) is 4.70. The lowest BCUT2D eigenvalue weighted by Gasteiger charge is -2.32. The van der Waals surface area contributed by atoms with Gasteiger partial charge in [0.15, 0.2) is 5.78 Å². The van der Waals surface area contributed by atoms with Crippen molar-refractivity contribution < 1.29 is 24.0 Å². The molecule has 1 aliphatic heterocycles. The summed E-state index contributed by atoms with van der Waals surface area (Å²) in [6, 6.07) is 0. The highest BCUT2D eigenvalue weighted by atomic mass is 31.0. The second kappa shape index (κ2) is 8.20. The first-order valence-corrected chi connectivity index (χ1v) is 11.1. The Morgan fingerprint density at radius 1 is 1.40 bits per heavy atom. The van der Waals surface area contributed by atoms with Crippen LogP contribution in [0.5, 0.6) is 0 Å². The molecule has 0 radical (unpaired) electrons. The molecule has 0 spiro atoms. The van der Waals surface area contributed by atoms with Gasteiger partial charge >= 0.3 is 5.97 Å². The number of carbonyl (C=O) groups excluding carboxylic acids is 2. The van der Waals surface area contributed by atoms with Gasteiger partial charge in [-0.15, -0.1) is 9.24 Å². The van der Waals surface area contributed by atoms with Gasteiger partial charge in [0.05, 0.1) is 6.10 Å². The van der Waals surface area contributed by atoms with Gasteiger partial charge in [-0.1, -0.05) is 6.58 Å². The number of aliphatic hydroxyl groups is 1. The van der Waals surface area contributed by atoms with Gasteiger partial charge in [0.1, 0.15) is 40.6 Å². The van der Waals surface area contributed by atoms with Crippen molar-refractivity contribution in [2.45, 2.75) is 103 Å². The van der Waals surface area contributed by atoms with Gasteiger partial charge in [0, 0.05) is 12.8 Å². The van der Waals surface area contributed by atoms with E-state index in [0.717, 1.165) is 5.82 Å². The molecule has 1 N–H and O–H groups in total. The summed E-state index contributed by atoms with van der Waals surface area (Å²) in [7, 11) is 2.64. The van der Waals surface area contributed by atoms with Crippen LogP contribution in [0.3, 0.4) is 0 Å². The van der Waals surface area contributed by atoms with Gasteiger partial charge < -0.3 is 9.84 Å². The lowest BCUT2D eigenvalue weighted by atomic mass is 9.80. The number of nitrogens with zero attached hydrogens (tertiary/aromatic N) is 2. The van der Waals surface area contributed by atoms with Gasteiger partial charge in [0.2, 0.25) is 0 Å². The summed E-state index contributed by atoms with van der Waals surface area (Å²) in [5.41, 5.74) is -0.317. The van der Waals surface area contributed by atoms with Gasteiger partial charge in [0.25, 0.3) is 5.82 Å². The van der Waals surface area contributed by atoms with Crippen molar-refractivity contribution in [3.63, 3.8) is 0 Å². The lowest BCUT2D eigenvalue weighted by Crippen LogP contribution is -2.57. The quantitative estimate of drug-likeness (QED) is 0.321. The maximum atomic E-state index is 13.8. The van der Waals surface area contributed by atoms with Crippen LogP contribution in [0.2, 0.25) is 0 Å². The van der Waals surface area contributed by atoms with E-state index in [1.54, 1.807) is 6.92 Å². The highest BCUT2D eigenvalue weighted by molar-refractivity contribution is 7.21. The second-order valence-corrected chi connectivity index (χ2v) is 11.7. The summed E-state index contributed by atoms with van der Waals surface area (Å²) in [5.74, 6) is -0.697. The molecule has 5 unspecified atom stereocenters. The van der Waals surface area contributed by atoms with Crippen LogP contribution in [0, 0.1) is 0 Å². The Morgan fingerprint density at radius 3 is 2.37 bits per heavy atom. The van der Waals surface area contributed by atoms with Crippen molar-refractivity contribution in [2.24, 2.45) is 0 Å². The minimum atomic E-state index is -1.10. The summed E-state index contributed by atoms with van der Waals surface area (Å²) < 4.78 is 9.64. The third-order valence-corrected chi connectivity index (χ3v) is 6.35. The number of cyclic esters (lactones) is 1. The Morgan fingerprint density at radius 2 is 1.97 bits per heavy atom. The molecular formula is C23H38N2O4P+. The maximum Gasteiger partial charge on any atom is 0.317 e. The summed E-state index contributed by atoms with van der Waals surface area (Å²) in [5, 5.41) is 8.75. The number of aliphatic hydroxyl groups excluding tert-OH is 1. The van der Waals surface area contributed by atoms with E-state index in [0.29, 0.717) is 12.0 Å². The summed E-state index contributed by atoms with van der Waals surface area (Å²) in [6.07, 6.45) is 3.53. The Hall–Kier alpha value is -1.52. The molecule has 1 aromatic heterocycles. The number of aromatic nitrogens is 2. The topological polar surface area (TPSA) is 72.4 Å². The SMILES string of the molecule is C=C(CC(C)O)C(=O)C(c1n(C(C)(C)C)cc[n+]1C(C)(C)C)C1(P)CC(C)OC1=O. The van der Waals surface area contributed by atoms with Crippen LogP contribution in [-0.4, -0.2) is 38.8 Å². The first-order valence-electron chi connectivity index (χ1n) is 10.5. The Kier molecular flexibility index (Phi) is 6.76. The molecule has 2 rings (SSSR count). The molecule has 168 valence electrons. The van der Waals surface area contributed by atoms with E-state index in [1.165, 1.54) is 0 Å². The molecule has 30 heavy (non-hydrogen) atoms. The van der Waals surface area contributed by atoms with Crippen molar-refractivity contribution in [1.29, 1.82) is 0 Å². The zero-order chi connectivity index (χ0) is 23.2. The van der Waals surface area contributed by atoms with Crippen molar-refractivity contribution in [3.05, 3.63) is 30.4 Å². The van der Waals surface area contributed by atoms with E-state index < -0.39 is 23.1 Å². The van der Waals surface area contributed by atoms with E-state index in [4.69, 9.17) is 4.74 Å². The Labute approximate surface area is 182 Å². The van der Waals surface area contributed by atoms with E-state index in [2.05, 4.69) is 66.5 Å². The zero-order valence-electron chi connectivity index (χ0n) is 19.7. The number of rotatable bonds is 6. The number of Topliss-reactive ketones (excluding diaryl/α,β-unsaturated/α-hetero) is 1. The summed E-state index contributed by atoms with van der Waals surface area (Å²) >= 11 is 0. The van der Waals surface area contributed by atoms with Crippen molar-refractivity contribution in [1.82, 2.24) is 4.57 Å². The van der Waals surface area contributed by atoms with Crippen LogP contribution in [-0.2, 0) is 25.4 Å². The highest BCUT2D eigenvalue weighted by Gasteiger charge is 2.58. The lowest BCUT2D eigenvalue weighted by molar-refractivity contribution is -0.760. The number of hydrogen-bond donors (Lipinski definition) is 1. The van der Waals surface area contributed by atoms with Crippen LogP contribution in [0.4, 0.5) is 0 Å². The molecule has 1 aliphatic rings.